The number of anilines is 2. The van der Waals surface area contributed by atoms with Gasteiger partial charge in [0.1, 0.15) is 11.9 Å². The number of allylic oxidation sites excluding steroid dienone is 1. The molecule has 0 saturated carbocycles. The molecule has 2 unspecified atom stereocenters. The van der Waals surface area contributed by atoms with Gasteiger partial charge >= 0.3 is 6.18 Å². The molecule has 0 spiro atoms. The fourth-order valence-electron chi connectivity index (χ4n) is 2.72. The van der Waals surface area contributed by atoms with E-state index in [4.69, 9.17) is 0 Å². The van der Waals surface area contributed by atoms with Crippen molar-refractivity contribution >= 4 is 17.5 Å². The van der Waals surface area contributed by atoms with Crippen molar-refractivity contribution in [1.29, 1.82) is 0 Å². The third kappa shape index (κ3) is 5.40. The lowest BCUT2D eigenvalue weighted by Gasteiger charge is -2.27. The van der Waals surface area contributed by atoms with Gasteiger partial charge in [0.2, 0.25) is 11.9 Å². The first-order chi connectivity index (χ1) is 14.5. The molecule has 0 fully saturated rings. The second-order valence-corrected chi connectivity index (χ2v) is 6.88. The predicted octanol–water partition coefficient (Wildman–Crippen LogP) is 3.71. The molecule has 168 valence electrons. The van der Waals surface area contributed by atoms with Crippen molar-refractivity contribution in [2.24, 2.45) is 0 Å². The Kier molecular flexibility index (Phi) is 6.34. The van der Waals surface area contributed by atoms with Gasteiger partial charge in [-0.25, -0.2) is 13.2 Å². The van der Waals surface area contributed by atoms with E-state index in [1.165, 1.54) is 6.20 Å². The second-order valence-electron chi connectivity index (χ2n) is 6.88. The number of rotatable bonds is 6. The van der Waals surface area contributed by atoms with Crippen molar-refractivity contribution in [3.8, 4) is 0 Å². The maximum absolute atomic E-state index is 14.4. The molecule has 0 radical (unpaired) electrons. The summed E-state index contributed by atoms with van der Waals surface area (Å²) >= 11 is 0. The highest BCUT2D eigenvalue weighted by atomic mass is 19.4. The molecule has 7 nitrogen and oxygen atoms in total. The second kappa shape index (κ2) is 8.65. The summed E-state index contributed by atoms with van der Waals surface area (Å²) in [7, 11) is 0. The van der Waals surface area contributed by atoms with E-state index in [0.29, 0.717) is 5.69 Å². The number of aromatic nitrogens is 4. The summed E-state index contributed by atoms with van der Waals surface area (Å²) in [5.41, 5.74) is 0.130. The molecule has 2 atom stereocenters. The highest BCUT2D eigenvalue weighted by Crippen LogP contribution is 2.41. The maximum atomic E-state index is 14.4. The van der Waals surface area contributed by atoms with Crippen LogP contribution in [0.3, 0.4) is 0 Å². The van der Waals surface area contributed by atoms with Crippen LogP contribution in [0.2, 0.25) is 0 Å². The van der Waals surface area contributed by atoms with E-state index in [0.717, 1.165) is 6.92 Å². The Balaban J connectivity index is 1.95. The van der Waals surface area contributed by atoms with Crippen molar-refractivity contribution < 1.29 is 31.4 Å². The number of nitrogens with zero attached hydrogens (tertiary/aromatic N) is 4. The van der Waals surface area contributed by atoms with E-state index >= 15 is 0 Å². The summed E-state index contributed by atoms with van der Waals surface area (Å²) in [5.74, 6) is -6.42. The Morgan fingerprint density at radius 3 is 2.55 bits per heavy atom. The molecule has 0 saturated heterocycles. The molecule has 13 heteroatoms. The highest BCUT2D eigenvalue weighted by Gasteiger charge is 2.46. The molecule has 31 heavy (non-hydrogen) atoms. The van der Waals surface area contributed by atoms with Gasteiger partial charge in [0, 0.05) is 18.2 Å². The lowest BCUT2D eigenvalue weighted by atomic mass is 9.92. The summed E-state index contributed by atoms with van der Waals surface area (Å²) < 4.78 is 80.3. The van der Waals surface area contributed by atoms with Crippen LogP contribution in [-0.4, -0.2) is 49.3 Å². The zero-order valence-corrected chi connectivity index (χ0v) is 16.1. The Hall–Kier alpha value is -2.96. The minimum Gasteiger partial charge on any atom is -0.380 e. The van der Waals surface area contributed by atoms with Gasteiger partial charge in [-0.05, 0) is 25.5 Å². The lowest BCUT2D eigenvalue weighted by molar-refractivity contribution is -0.138. The zero-order valence-electron chi connectivity index (χ0n) is 16.1. The number of hydrogen-bond donors (Lipinski definition) is 3. The summed E-state index contributed by atoms with van der Waals surface area (Å²) in [4.78, 5) is 15.6. The molecule has 2 heterocycles. The average Bonchev–Trinajstić information content (AvgIpc) is 2.70. The molecule has 0 aromatic carbocycles. The summed E-state index contributed by atoms with van der Waals surface area (Å²) in [5, 5.41) is 14.3. The lowest BCUT2D eigenvalue weighted by Crippen LogP contribution is -2.37. The number of hydrogen-bond acceptors (Lipinski definition) is 7. The van der Waals surface area contributed by atoms with Gasteiger partial charge in [0.15, 0.2) is 11.9 Å². The predicted molar refractivity (Wildman–Crippen MR) is 98.7 cm³/mol. The summed E-state index contributed by atoms with van der Waals surface area (Å²) in [6.07, 6.45) is -7.18. The minimum absolute atomic E-state index is 0.0841. The van der Waals surface area contributed by atoms with E-state index in [9.17, 15) is 31.4 Å². The fourth-order valence-corrected chi connectivity index (χ4v) is 2.72. The highest BCUT2D eigenvalue weighted by molar-refractivity contribution is 5.66. The number of aliphatic hydroxyl groups excluding tert-OH is 1. The zero-order chi connectivity index (χ0) is 22.8. The maximum Gasteiger partial charge on any atom is 0.408 e. The summed E-state index contributed by atoms with van der Waals surface area (Å²) in [6, 6.07) is 3.02. The Labute approximate surface area is 172 Å². The quantitative estimate of drug-likeness (QED) is 0.580. The fraction of sp³-hybridized carbons (Fsp3) is 0.444. The molecule has 1 aliphatic carbocycles. The van der Waals surface area contributed by atoms with Gasteiger partial charge in [-0.1, -0.05) is 6.07 Å². The molecule has 1 aliphatic rings. The van der Waals surface area contributed by atoms with Gasteiger partial charge < -0.3 is 15.7 Å². The third-order valence-electron chi connectivity index (χ3n) is 4.53. The van der Waals surface area contributed by atoms with Crippen LogP contribution in [0.15, 0.2) is 30.2 Å². The largest absolute Gasteiger partial charge is 0.408 e. The van der Waals surface area contributed by atoms with Gasteiger partial charge in [0.05, 0.1) is 12.2 Å². The number of halogens is 6. The Bertz CT molecular complexity index is 952. The average molecular weight is 448 g/mol. The van der Waals surface area contributed by atoms with Crippen molar-refractivity contribution in [3.63, 3.8) is 0 Å². The van der Waals surface area contributed by atoms with E-state index in [1.54, 1.807) is 18.2 Å². The van der Waals surface area contributed by atoms with Gasteiger partial charge in [0.25, 0.3) is 5.92 Å². The smallest absolute Gasteiger partial charge is 0.380 e. The molecule has 3 rings (SSSR count). The topological polar surface area (TPSA) is 95.9 Å². The van der Waals surface area contributed by atoms with Crippen LogP contribution in [0.4, 0.5) is 38.2 Å². The Morgan fingerprint density at radius 2 is 1.90 bits per heavy atom. The van der Waals surface area contributed by atoms with Gasteiger partial charge in [-0.2, -0.15) is 28.1 Å². The normalized spacial score (nSPS) is 19.8. The van der Waals surface area contributed by atoms with E-state index < -0.39 is 60.3 Å². The molecule has 0 amide bonds. The van der Waals surface area contributed by atoms with Crippen LogP contribution in [0.5, 0.6) is 0 Å². The monoisotopic (exact) mass is 448 g/mol. The van der Waals surface area contributed by atoms with Crippen LogP contribution in [0, 0.1) is 0 Å². The van der Waals surface area contributed by atoms with Crippen LogP contribution in [0.1, 0.15) is 31.3 Å². The third-order valence-corrected chi connectivity index (χ3v) is 4.53. The van der Waals surface area contributed by atoms with E-state index in [2.05, 4.69) is 25.3 Å². The first-order valence-electron chi connectivity index (χ1n) is 9.15. The molecule has 0 aliphatic heterocycles. The molecule has 3 N–H and O–H groups in total. The number of aliphatic hydroxyl groups is 1. The van der Waals surface area contributed by atoms with Gasteiger partial charge in [-0.3, -0.25) is 4.98 Å². The minimum atomic E-state index is -4.62. The first-order valence-corrected chi connectivity index (χ1v) is 9.15. The van der Waals surface area contributed by atoms with Crippen LogP contribution in [-0.2, 0) is 6.54 Å². The van der Waals surface area contributed by atoms with Crippen molar-refractivity contribution in [2.45, 2.75) is 50.6 Å². The molecular weight excluding hydrogens is 430 g/mol. The SMILES string of the molecule is CC(Nc1nc(NCc2ccccn2)nc(C2=C(F)C(O)C(F)(F)CC2)n1)C(F)(F)F. The van der Waals surface area contributed by atoms with Crippen LogP contribution < -0.4 is 10.6 Å². The molecule has 2 aromatic rings. The standard InChI is InChI=1S/C18H18F6N6O/c1-9(18(22,23)24)27-16-29-14(11-5-6-17(20,21)13(31)12(11)19)28-15(30-16)26-8-10-4-2-3-7-25-10/h2-4,7,9,13,31H,5-6,8H2,1H3,(H2,26,27,28,29,30). The summed E-state index contributed by atoms with van der Waals surface area (Å²) in [6.45, 7) is 0.913. The van der Waals surface area contributed by atoms with Gasteiger partial charge in [-0.15, -0.1) is 0 Å². The first kappa shape index (κ1) is 22.7. The van der Waals surface area contributed by atoms with Crippen molar-refractivity contribution in [2.75, 3.05) is 10.6 Å². The van der Waals surface area contributed by atoms with E-state index in [-0.39, 0.29) is 12.5 Å². The number of alkyl halides is 5. The number of nitrogens with one attached hydrogen (secondary N) is 2. The molecule has 2 aromatic heterocycles. The molecule has 0 bridgehead atoms. The molecular formula is C18H18F6N6O. The number of pyridine rings is 1. The van der Waals surface area contributed by atoms with Crippen LogP contribution >= 0.6 is 0 Å². The Morgan fingerprint density at radius 1 is 1.19 bits per heavy atom. The van der Waals surface area contributed by atoms with Crippen molar-refractivity contribution in [3.05, 3.63) is 41.7 Å². The van der Waals surface area contributed by atoms with E-state index in [1.807, 2.05) is 5.32 Å². The van der Waals surface area contributed by atoms with Crippen molar-refractivity contribution in [1.82, 2.24) is 19.9 Å². The van der Waals surface area contributed by atoms with Crippen LogP contribution in [0.25, 0.3) is 5.57 Å².